The molecule has 0 radical (unpaired) electrons. The summed E-state index contributed by atoms with van der Waals surface area (Å²) in [7, 11) is 0. The molecular weight excluding hydrogens is 264 g/mol. The number of aryl methyl sites for hydroxylation is 1. The van der Waals surface area contributed by atoms with E-state index < -0.39 is 0 Å². The van der Waals surface area contributed by atoms with E-state index in [1.807, 2.05) is 6.92 Å². The van der Waals surface area contributed by atoms with Crippen LogP contribution in [-0.4, -0.2) is 10.9 Å². The Morgan fingerprint density at radius 2 is 1.76 bits per heavy atom. The number of anilines is 1. The Kier molecular flexibility index (Phi) is 2.78. The van der Waals surface area contributed by atoms with Gasteiger partial charge in [0.25, 0.3) is 5.56 Å². The van der Waals surface area contributed by atoms with Gasteiger partial charge in [-0.15, -0.1) is 0 Å². The third-order valence-corrected chi connectivity index (χ3v) is 5.82. The molecule has 0 atom stereocenters. The molecule has 4 nitrogen and oxygen atoms in total. The second-order valence-corrected chi connectivity index (χ2v) is 7.57. The molecule has 2 N–H and O–H groups in total. The van der Waals surface area contributed by atoms with E-state index in [1.54, 1.807) is 12.3 Å². The number of hydrogen-bond acceptors (Lipinski definition) is 2. The van der Waals surface area contributed by atoms with Gasteiger partial charge in [0, 0.05) is 6.20 Å². The van der Waals surface area contributed by atoms with Crippen molar-refractivity contribution in [2.24, 2.45) is 23.2 Å². The molecule has 4 fully saturated rings. The van der Waals surface area contributed by atoms with Crippen LogP contribution in [0.3, 0.4) is 0 Å². The number of rotatable bonds is 2. The number of nitrogens with one attached hydrogen (secondary N) is 2. The summed E-state index contributed by atoms with van der Waals surface area (Å²) < 4.78 is 0. The highest BCUT2D eigenvalue weighted by Crippen LogP contribution is 2.60. The van der Waals surface area contributed by atoms with Gasteiger partial charge in [-0.25, -0.2) is 0 Å². The van der Waals surface area contributed by atoms with E-state index in [0.717, 1.165) is 42.6 Å². The van der Waals surface area contributed by atoms with E-state index in [4.69, 9.17) is 0 Å². The van der Waals surface area contributed by atoms with E-state index in [9.17, 15) is 9.59 Å². The number of aromatic nitrogens is 1. The van der Waals surface area contributed by atoms with Crippen LogP contribution in [0.1, 0.15) is 44.1 Å². The highest BCUT2D eigenvalue weighted by atomic mass is 16.2. The Hall–Kier alpha value is -1.58. The minimum absolute atomic E-state index is 0.0812. The molecule has 4 aliphatic carbocycles. The van der Waals surface area contributed by atoms with Gasteiger partial charge in [0.05, 0.1) is 5.41 Å². The summed E-state index contributed by atoms with van der Waals surface area (Å²) in [5.41, 5.74) is 0.940. The van der Waals surface area contributed by atoms with Gasteiger partial charge in [-0.3, -0.25) is 9.59 Å². The summed E-state index contributed by atoms with van der Waals surface area (Å²) in [6.45, 7) is 1.91. The van der Waals surface area contributed by atoms with Crippen molar-refractivity contribution in [2.75, 3.05) is 5.32 Å². The number of H-pyrrole nitrogens is 1. The lowest BCUT2D eigenvalue weighted by Crippen LogP contribution is -2.52. The van der Waals surface area contributed by atoms with Gasteiger partial charge in [-0.05, 0) is 74.8 Å². The number of hydrogen-bond donors (Lipinski definition) is 2. The Morgan fingerprint density at radius 3 is 2.33 bits per heavy atom. The second-order valence-electron chi connectivity index (χ2n) is 7.57. The molecule has 1 aromatic rings. The van der Waals surface area contributed by atoms with E-state index in [2.05, 4.69) is 10.3 Å². The lowest BCUT2D eigenvalue weighted by atomic mass is 9.49. The molecular formula is C17H22N2O2. The molecule has 112 valence electrons. The molecule has 1 aromatic heterocycles. The van der Waals surface area contributed by atoms with Crippen LogP contribution in [0.2, 0.25) is 0 Å². The number of carbonyl (C=O) groups excluding carboxylic acids is 1. The van der Waals surface area contributed by atoms with Gasteiger partial charge >= 0.3 is 0 Å². The molecule has 0 spiro atoms. The first kappa shape index (κ1) is 13.1. The highest BCUT2D eigenvalue weighted by molar-refractivity contribution is 5.95. The van der Waals surface area contributed by atoms with Gasteiger partial charge in [0.15, 0.2) is 0 Å². The predicted molar refractivity (Wildman–Crippen MR) is 81.0 cm³/mol. The zero-order chi connectivity index (χ0) is 14.6. The van der Waals surface area contributed by atoms with Crippen LogP contribution >= 0.6 is 0 Å². The molecule has 0 aliphatic heterocycles. The van der Waals surface area contributed by atoms with Crippen molar-refractivity contribution < 1.29 is 4.79 Å². The minimum atomic E-state index is -0.210. The van der Waals surface area contributed by atoms with E-state index >= 15 is 0 Å². The average Bonchev–Trinajstić information content (AvgIpc) is 2.41. The van der Waals surface area contributed by atoms with Crippen molar-refractivity contribution in [3.05, 3.63) is 28.2 Å². The van der Waals surface area contributed by atoms with Gasteiger partial charge in [0.2, 0.25) is 5.91 Å². The summed E-state index contributed by atoms with van der Waals surface area (Å²) in [6, 6.07) is 1.76. The van der Waals surface area contributed by atoms with Crippen molar-refractivity contribution in [1.29, 1.82) is 0 Å². The smallest absolute Gasteiger partial charge is 0.271 e. The summed E-state index contributed by atoms with van der Waals surface area (Å²) in [4.78, 5) is 27.4. The molecule has 4 bridgehead atoms. The standard InChI is InChI=1S/C17H22N2O2/c1-10-2-14(15(20)18-9-10)19-16(21)17-6-11-3-12(7-17)5-13(4-11)8-17/h2,9,11-13H,3-8H2,1H3,(H,18,20)(H,19,21). The largest absolute Gasteiger partial charge is 0.327 e. The van der Waals surface area contributed by atoms with Crippen LogP contribution in [0.4, 0.5) is 5.69 Å². The van der Waals surface area contributed by atoms with Crippen LogP contribution in [0.25, 0.3) is 0 Å². The molecule has 4 saturated carbocycles. The molecule has 0 saturated heterocycles. The molecule has 0 aromatic carbocycles. The van der Waals surface area contributed by atoms with E-state index in [-0.39, 0.29) is 16.9 Å². The molecule has 21 heavy (non-hydrogen) atoms. The van der Waals surface area contributed by atoms with Gasteiger partial charge in [-0.1, -0.05) is 0 Å². The SMILES string of the molecule is Cc1c[nH]c(=O)c(NC(=O)C23CC4CC(CC(C4)C2)C3)c1. The monoisotopic (exact) mass is 286 g/mol. The first-order chi connectivity index (χ1) is 10.0. The average molecular weight is 286 g/mol. The van der Waals surface area contributed by atoms with Crippen molar-refractivity contribution in [3.8, 4) is 0 Å². The maximum atomic E-state index is 12.9. The van der Waals surface area contributed by atoms with Crippen LogP contribution in [0.5, 0.6) is 0 Å². The van der Waals surface area contributed by atoms with Crippen molar-refractivity contribution in [3.63, 3.8) is 0 Å². The molecule has 4 heteroatoms. The first-order valence-corrected chi connectivity index (χ1v) is 8.05. The third-order valence-electron chi connectivity index (χ3n) is 5.82. The Bertz CT molecular complexity index is 611. The van der Waals surface area contributed by atoms with E-state index in [1.165, 1.54) is 19.3 Å². The van der Waals surface area contributed by atoms with Crippen molar-refractivity contribution in [2.45, 2.75) is 45.4 Å². The number of amides is 1. The Labute approximate surface area is 124 Å². The second kappa shape index (κ2) is 4.46. The molecule has 1 heterocycles. The highest BCUT2D eigenvalue weighted by Gasteiger charge is 2.54. The van der Waals surface area contributed by atoms with Crippen LogP contribution in [-0.2, 0) is 4.79 Å². The van der Waals surface area contributed by atoms with Crippen LogP contribution < -0.4 is 10.9 Å². The molecule has 0 unspecified atom stereocenters. The molecule has 1 amide bonds. The summed E-state index contributed by atoms with van der Waals surface area (Å²) >= 11 is 0. The maximum absolute atomic E-state index is 12.9. The lowest BCUT2D eigenvalue weighted by molar-refractivity contribution is -0.140. The zero-order valence-electron chi connectivity index (χ0n) is 12.4. The number of aromatic amines is 1. The Morgan fingerprint density at radius 1 is 1.19 bits per heavy atom. The molecule has 5 rings (SSSR count). The predicted octanol–water partition coefficient (Wildman–Crippen LogP) is 2.84. The van der Waals surface area contributed by atoms with Crippen LogP contribution in [0.15, 0.2) is 17.1 Å². The summed E-state index contributed by atoms with van der Waals surface area (Å²) in [5.74, 6) is 2.28. The summed E-state index contributed by atoms with van der Waals surface area (Å²) in [5, 5.41) is 2.93. The first-order valence-electron chi connectivity index (χ1n) is 8.05. The fourth-order valence-electron chi connectivity index (χ4n) is 5.33. The summed E-state index contributed by atoms with van der Waals surface area (Å²) in [6.07, 6.45) is 8.69. The minimum Gasteiger partial charge on any atom is -0.327 e. The Balaban J connectivity index is 1.60. The van der Waals surface area contributed by atoms with Crippen LogP contribution in [0, 0.1) is 30.1 Å². The fraction of sp³-hybridized carbons (Fsp3) is 0.647. The lowest BCUT2D eigenvalue weighted by Gasteiger charge is -2.55. The van der Waals surface area contributed by atoms with Gasteiger partial charge in [0.1, 0.15) is 5.69 Å². The zero-order valence-corrected chi connectivity index (χ0v) is 12.4. The quantitative estimate of drug-likeness (QED) is 0.878. The third kappa shape index (κ3) is 2.12. The van der Waals surface area contributed by atoms with Crippen molar-refractivity contribution >= 4 is 11.6 Å². The molecule has 4 aliphatic rings. The van der Waals surface area contributed by atoms with Gasteiger partial charge in [-0.2, -0.15) is 0 Å². The van der Waals surface area contributed by atoms with E-state index in [0.29, 0.717) is 5.69 Å². The fourth-order valence-corrected chi connectivity index (χ4v) is 5.33. The topological polar surface area (TPSA) is 62.0 Å². The normalized spacial score (nSPS) is 36.7. The number of carbonyl (C=O) groups is 1. The van der Waals surface area contributed by atoms with Crippen molar-refractivity contribution in [1.82, 2.24) is 4.98 Å². The van der Waals surface area contributed by atoms with Gasteiger partial charge < -0.3 is 10.3 Å². The maximum Gasteiger partial charge on any atom is 0.271 e. The number of pyridine rings is 1.